The molecule has 136 valence electrons. The van der Waals surface area contributed by atoms with Crippen LogP contribution in [0.5, 0.6) is 0 Å². The first-order valence-corrected chi connectivity index (χ1v) is 8.15. The zero-order valence-corrected chi connectivity index (χ0v) is 15.6. The van der Waals surface area contributed by atoms with Gasteiger partial charge in [-0.3, -0.25) is 4.79 Å². The average Bonchev–Trinajstić information content (AvgIpc) is 2.47. The van der Waals surface area contributed by atoms with Crippen LogP contribution >= 0.6 is 23.2 Å². The molecule has 1 amide bonds. The van der Waals surface area contributed by atoms with Crippen molar-refractivity contribution in [2.45, 2.75) is 26.4 Å². The molecule has 1 N–H and O–H groups in total. The van der Waals surface area contributed by atoms with Crippen LogP contribution in [0.1, 0.15) is 31.1 Å². The maximum Gasteiger partial charge on any atom is 0.407 e. The molecule has 0 spiro atoms. The van der Waals surface area contributed by atoms with Crippen LogP contribution in [0.25, 0.3) is 0 Å². The maximum atomic E-state index is 11.9. The lowest BCUT2D eigenvalue weighted by atomic mass is 10.1. The van der Waals surface area contributed by atoms with Gasteiger partial charge in [0.1, 0.15) is 12.2 Å². The van der Waals surface area contributed by atoms with Gasteiger partial charge in [-0.05, 0) is 45.0 Å². The largest absolute Gasteiger partial charge is 0.461 e. The van der Waals surface area contributed by atoms with Crippen LogP contribution < -0.4 is 5.32 Å². The van der Waals surface area contributed by atoms with Crippen molar-refractivity contribution in [1.82, 2.24) is 5.32 Å². The summed E-state index contributed by atoms with van der Waals surface area (Å²) >= 11 is 11.7. The standard InChI is InChI=1S/C17H19Cl2NO5/c1-17(2,3)25-16(23)20-8-9-24-15(22)7-6-14(21)12-5-4-11(18)10-13(12)19/h4-7,10H,8-9H2,1-3H3,(H,20,23)/b7-6+. The lowest BCUT2D eigenvalue weighted by Gasteiger charge is -2.19. The number of ether oxygens (including phenoxy) is 2. The van der Waals surface area contributed by atoms with Gasteiger partial charge < -0.3 is 14.8 Å². The molecule has 0 saturated heterocycles. The third-order valence-electron chi connectivity index (χ3n) is 2.58. The zero-order valence-electron chi connectivity index (χ0n) is 14.1. The topological polar surface area (TPSA) is 81.7 Å². The van der Waals surface area contributed by atoms with E-state index in [4.69, 9.17) is 32.7 Å². The molecule has 1 aromatic rings. The molecule has 25 heavy (non-hydrogen) atoms. The highest BCUT2D eigenvalue weighted by atomic mass is 35.5. The molecule has 0 aliphatic heterocycles. The van der Waals surface area contributed by atoms with Gasteiger partial charge in [0.05, 0.1) is 11.6 Å². The van der Waals surface area contributed by atoms with Crippen LogP contribution in [0.4, 0.5) is 4.79 Å². The molecule has 0 heterocycles. The van der Waals surface area contributed by atoms with Crippen LogP contribution in [0, 0.1) is 0 Å². The van der Waals surface area contributed by atoms with Gasteiger partial charge in [-0.15, -0.1) is 0 Å². The predicted octanol–water partition coefficient (Wildman–Crippen LogP) is 3.80. The van der Waals surface area contributed by atoms with E-state index in [0.717, 1.165) is 12.2 Å². The summed E-state index contributed by atoms with van der Waals surface area (Å²) in [5.41, 5.74) is -0.381. The summed E-state index contributed by atoms with van der Waals surface area (Å²) in [5.74, 6) is -1.17. The molecule has 0 aliphatic carbocycles. The molecule has 1 rings (SSSR count). The SMILES string of the molecule is CC(C)(C)OC(=O)NCCOC(=O)/C=C/C(=O)c1ccc(Cl)cc1Cl. The predicted molar refractivity (Wildman–Crippen MR) is 95.1 cm³/mol. The van der Waals surface area contributed by atoms with Crippen molar-refractivity contribution in [2.75, 3.05) is 13.2 Å². The first kappa shape index (κ1) is 21.0. The summed E-state index contributed by atoms with van der Waals surface area (Å²) in [6, 6.07) is 4.42. The summed E-state index contributed by atoms with van der Waals surface area (Å²) < 4.78 is 9.88. The van der Waals surface area contributed by atoms with Gasteiger partial charge in [-0.25, -0.2) is 9.59 Å². The van der Waals surface area contributed by atoms with Crippen LogP contribution in [0.15, 0.2) is 30.4 Å². The molecule has 0 fully saturated rings. The van der Waals surface area contributed by atoms with Crippen LogP contribution in [-0.2, 0) is 14.3 Å². The van der Waals surface area contributed by atoms with E-state index >= 15 is 0 Å². The summed E-state index contributed by atoms with van der Waals surface area (Å²) in [4.78, 5) is 34.8. The minimum atomic E-state index is -0.718. The Kier molecular flexibility index (Phi) is 7.93. The molecule has 0 unspecified atom stereocenters. The normalized spacial score (nSPS) is 11.2. The first-order valence-electron chi connectivity index (χ1n) is 7.39. The Hall–Kier alpha value is -2.05. The van der Waals surface area contributed by atoms with Crippen molar-refractivity contribution < 1.29 is 23.9 Å². The number of amides is 1. The Morgan fingerprint density at radius 3 is 2.44 bits per heavy atom. The summed E-state index contributed by atoms with van der Waals surface area (Å²) in [7, 11) is 0. The molecule has 0 aliphatic rings. The third-order valence-corrected chi connectivity index (χ3v) is 3.13. The minimum Gasteiger partial charge on any atom is -0.461 e. The van der Waals surface area contributed by atoms with Gasteiger partial charge in [0.15, 0.2) is 5.78 Å². The van der Waals surface area contributed by atoms with E-state index in [-0.39, 0.29) is 23.7 Å². The van der Waals surface area contributed by atoms with Crippen molar-refractivity contribution in [3.05, 3.63) is 46.0 Å². The number of ketones is 1. The van der Waals surface area contributed by atoms with Crippen LogP contribution in [0.3, 0.4) is 0 Å². The van der Waals surface area contributed by atoms with Gasteiger partial charge in [0.2, 0.25) is 0 Å². The number of hydrogen-bond acceptors (Lipinski definition) is 5. The average molecular weight is 388 g/mol. The van der Waals surface area contributed by atoms with Gasteiger partial charge in [0.25, 0.3) is 0 Å². The number of carbonyl (C=O) groups is 3. The van der Waals surface area contributed by atoms with Crippen molar-refractivity contribution in [3.8, 4) is 0 Å². The minimum absolute atomic E-state index is 0.0572. The van der Waals surface area contributed by atoms with Gasteiger partial charge in [-0.2, -0.15) is 0 Å². The lowest BCUT2D eigenvalue weighted by Crippen LogP contribution is -2.34. The number of alkyl carbamates (subject to hydrolysis) is 1. The molecule has 0 saturated carbocycles. The molecule has 0 bridgehead atoms. The third kappa shape index (κ3) is 8.56. The molecule has 0 aromatic heterocycles. The number of benzene rings is 1. The molecule has 8 heteroatoms. The fourth-order valence-electron chi connectivity index (χ4n) is 1.59. The highest BCUT2D eigenvalue weighted by molar-refractivity contribution is 6.37. The smallest absolute Gasteiger partial charge is 0.407 e. The van der Waals surface area contributed by atoms with E-state index in [1.54, 1.807) is 20.8 Å². The van der Waals surface area contributed by atoms with Gasteiger partial charge in [0, 0.05) is 16.7 Å². The quantitative estimate of drug-likeness (QED) is 0.347. The maximum absolute atomic E-state index is 11.9. The second-order valence-corrected chi connectivity index (χ2v) is 6.76. The van der Waals surface area contributed by atoms with E-state index < -0.39 is 23.4 Å². The fraction of sp³-hybridized carbons (Fsp3) is 0.353. The highest BCUT2D eigenvalue weighted by Crippen LogP contribution is 2.21. The second-order valence-electron chi connectivity index (χ2n) is 5.92. The fourth-order valence-corrected chi connectivity index (χ4v) is 2.09. The van der Waals surface area contributed by atoms with E-state index in [1.165, 1.54) is 18.2 Å². The summed E-state index contributed by atoms with van der Waals surface area (Å²) in [6.45, 7) is 5.24. The number of hydrogen-bond donors (Lipinski definition) is 1. The number of allylic oxidation sites excluding steroid dienone is 1. The van der Waals surface area contributed by atoms with E-state index in [2.05, 4.69) is 5.32 Å². The Balaban J connectivity index is 2.37. The number of halogens is 2. The molecule has 0 atom stereocenters. The van der Waals surface area contributed by atoms with Gasteiger partial charge in [-0.1, -0.05) is 23.2 Å². The van der Waals surface area contributed by atoms with Crippen molar-refractivity contribution in [2.24, 2.45) is 0 Å². The van der Waals surface area contributed by atoms with Gasteiger partial charge >= 0.3 is 12.1 Å². The Labute approximate surface area is 156 Å². The number of nitrogens with one attached hydrogen (secondary N) is 1. The lowest BCUT2D eigenvalue weighted by molar-refractivity contribution is -0.137. The number of rotatable bonds is 6. The highest BCUT2D eigenvalue weighted by Gasteiger charge is 2.15. The summed E-state index contributed by atoms with van der Waals surface area (Å²) in [6.07, 6.45) is 1.44. The molecule has 1 aromatic carbocycles. The second kappa shape index (κ2) is 9.44. The van der Waals surface area contributed by atoms with Crippen molar-refractivity contribution >= 4 is 41.0 Å². The van der Waals surface area contributed by atoms with E-state index in [9.17, 15) is 14.4 Å². The monoisotopic (exact) mass is 387 g/mol. The number of carbonyl (C=O) groups excluding carboxylic acids is 3. The Morgan fingerprint density at radius 2 is 1.84 bits per heavy atom. The van der Waals surface area contributed by atoms with Crippen molar-refractivity contribution in [3.63, 3.8) is 0 Å². The van der Waals surface area contributed by atoms with E-state index in [1.807, 2.05) is 0 Å². The first-order chi connectivity index (χ1) is 11.6. The molecule has 0 radical (unpaired) electrons. The molecule has 6 nitrogen and oxygen atoms in total. The summed E-state index contributed by atoms with van der Waals surface area (Å²) in [5, 5.41) is 3.04. The Morgan fingerprint density at radius 1 is 1.16 bits per heavy atom. The van der Waals surface area contributed by atoms with Crippen LogP contribution in [0.2, 0.25) is 10.0 Å². The number of esters is 1. The Bertz CT molecular complexity index is 680. The van der Waals surface area contributed by atoms with Crippen molar-refractivity contribution in [1.29, 1.82) is 0 Å². The molecular formula is C17H19Cl2NO5. The van der Waals surface area contributed by atoms with Crippen LogP contribution in [-0.4, -0.2) is 36.6 Å². The zero-order chi connectivity index (χ0) is 19.0. The van der Waals surface area contributed by atoms with E-state index in [0.29, 0.717) is 5.02 Å². The molecular weight excluding hydrogens is 369 g/mol.